The molecule has 0 heterocycles. The molecule has 0 radical (unpaired) electrons. The predicted octanol–water partition coefficient (Wildman–Crippen LogP) is 3.65. The van der Waals surface area contributed by atoms with Crippen LogP contribution in [-0.4, -0.2) is 36.5 Å². The van der Waals surface area contributed by atoms with Crippen molar-refractivity contribution in [2.75, 3.05) is 26.0 Å². The minimum absolute atomic E-state index is 0.0638. The number of nitro benzene ring substituents is 1. The largest absolute Gasteiger partial charge is 0.377 e. The van der Waals surface area contributed by atoms with Crippen molar-refractivity contribution in [3.63, 3.8) is 0 Å². The topological polar surface area (TPSA) is 58.4 Å². The van der Waals surface area contributed by atoms with E-state index in [-0.39, 0.29) is 16.8 Å². The fourth-order valence-corrected chi connectivity index (χ4v) is 1.91. The molecule has 0 saturated heterocycles. The van der Waals surface area contributed by atoms with Crippen molar-refractivity contribution >= 4 is 34.6 Å². The van der Waals surface area contributed by atoms with Crippen LogP contribution in [0.25, 0.3) is 0 Å². The van der Waals surface area contributed by atoms with Crippen molar-refractivity contribution in [1.29, 1.82) is 0 Å². The fourth-order valence-electron chi connectivity index (χ4n) is 1.59. The summed E-state index contributed by atoms with van der Waals surface area (Å²) in [6, 6.07) is 2.86. The van der Waals surface area contributed by atoms with Crippen LogP contribution < -0.4 is 5.32 Å². The number of nitro groups is 1. The lowest BCUT2D eigenvalue weighted by Crippen LogP contribution is -2.23. The van der Waals surface area contributed by atoms with Gasteiger partial charge in [-0.05, 0) is 40.1 Å². The summed E-state index contributed by atoms with van der Waals surface area (Å²) in [6.07, 6.45) is 0.865. The average molecular weight is 306 g/mol. The Bertz CT molecular complexity index is 467. The number of rotatable bonds is 6. The molecule has 1 N–H and O–H groups in total. The summed E-state index contributed by atoms with van der Waals surface area (Å²) in [7, 11) is 3.96. The second-order valence-corrected chi connectivity index (χ2v) is 5.49. The molecular formula is C12H17Cl2N3O2. The fraction of sp³-hybridized carbons (Fsp3) is 0.500. The smallest absolute Gasteiger partial charge is 0.293 e. The van der Waals surface area contributed by atoms with Crippen LogP contribution in [0, 0.1) is 10.1 Å². The molecule has 1 unspecified atom stereocenters. The molecule has 0 fully saturated rings. The Morgan fingerprint density at radius 2 is 1.95 bits per heavy atom. The summed E-state index contributed by atoms with van der Waals surface area (Å²) in [5, 5.41) is 14.6. The Balaban J connectivity index is 2.87. The van der Waals surface area contributed by atoms with Gasteiger partial charge in [-0.25, -0.2) is 0 Å². The molecule has 7 heteroatoms. The Morgan fingerprint density at radius 3 is 2.47 bits per heavy atom. The summed E-state index contributed by atoms with van der Waals surface area (Å²) in [5.74, 6) is 0. The van der Waals surface area contributed by atoms with E-state index in [9.17, 15) is 10.1 Å². The van der Waals surface area contributed by atoms with Crippen LogP contribution in [0.4, 0.5) is 11.4 Å². The van der Waals surface area contributed by atoms with Gasteiger partial charge in [0.1, 0.15) is 5.69 Å². The van der Waals surface area contributed by atoms with E-state index in [0.29, 0.717) is 10.7 Å². The second-order valence-electron chi connectivity index (χ2n) is 4.68. The highest BCUT2D eigenvalue weighted by Gasteiger charge is 2.18. The van der Waals surface area contributed by atoms with E-state index >= 15 is 0 Å². The molecule has 0 aliphatic heterocycles. The van der Waals surface area contributed by atoms with Gasteiger partial charge in [-0.3, -0.25) is 10.1 Å². The number of hydrogen-bond donors (Lipinski definition) is 1. The van der Waals surface area contributed by atoms with Gasteiger partial charge in [-0.1, -0.05) is 23.2 Å². The van der Waals surface area contributed by atoms with Crippen LogP contribution in [-0.2, 0) is 0 Å². The minimum Gasteiger partial charge on any atom is -0.377 e. The first-order valence-electron chi connectivity index (χ1n) is 5.86. The zero-order chi connectivity index (χ0) is 14.6. The van der Waals surface area contributed by atoms with Crippen LogP contribution >= 0.6 is 23.2 Å². The number of anilines is 1. The second kappa shape index (κ2) is 6.93. The molecule has 1 aromatic rings. The van der Waals surface area contributed by atoms with Crippen molar-refractivity contribution in [2.45, 2.75) is 19.4 Å². The van der Waals surface area contributed by atoms with Gasteiger partial charge in [-0.15, -0.1) is 0 Å². The Hall–Kier alpha value is -1.04. The lowest BCUT2D eigenvalue weighted by molar-refractivity contribution is -0.384. The van der Waals surface area contributed by atoms with Gasteiger partial charge in [0.15, 0.2) is 0 Å². The van der Waals surface area contributed by atoms with Crippen molar-refractivity contribution in [1.82, 2.24) is 4.90 Å². The first-order chi connectivity index (χ1) is 8.81. The van der Waals surface area contributed by atoms with Crippen LogP contribution in [0.5, 0.6) is 0 Å². The number of benzene rings is 1. The van der Waals surface area contributed by atoms with Crippen LogP contribution in [0.15, 0.2) is 12.1 Å². The maximum Gasteiger partial charge on any atom is 0.293 e. The minimum atomic E-state index is -0.469. The maximum absolute atomic E-state index is 11.0. The van der Waals surface area contributed by atoms with Gasteiger partial charge in [0.25, 0.3) is 5.69 Å². The van der Waals surface area contributed by atoms with Gasteiger partial charge in [-0.2, -0.15) is 0 Å². The van der Waals surface area contributed by atoms with E-state index in [0.717, 1.165) is 13.0 Å². The van der Waals surface area contributed by atoms with Gasteiger partial charge < -0.3 is 10.2 Å². The normalized spacial score (nSPS) is 12.5. The number of halogens is 2. The van der Waals surface area contributed by atoms with Gasteiger partial charge in [0, 0.05) is 12.1 Å². The predicted molar refractivity (Wildman–Crippen MR) is 79.4 cm³/mol. The molecule has 0 saturated carbocycles. The van der Waals surface area contributed by atoms with Gasteiger partial charge in [0.05, 0.1) is 15.0 Å². The summed E-state index contributed by atoms with van der Waals surface area (Å²) in [5.41, 5.74) is 0.330. The molecule has 0 bridgehead atoms. The van der Waals surface area contributed by atoms with Crippen LogP contribution in [0.1, 0.15) is 13.3 Å². The molecule has 1 rings (SSSR count). The van der Waals surface area contributed by atoms with Crippen molar-refractivity contribution in [2.24, 2.45) is 0 Å². The summed E-state index contributed by atoms with van der Waals surface area (Å²) >= 11 is 11.7. The maximum atomic E-state index is 11.0. The van der Waals surface area contributed by atoms with Crippen LogP contribution in [0.3, 0.4) is 0 Å². The number of nitrogens with zero attached hydrogens (tertiary/aromatic N) is 2. The van der Waals surface area contributed by atoms with E-state index in [2.05, 4.69) is 10.2 Å². The molecule has 19 heavy (non-hydrogen) atoms. The molecule has 5 nitrogen and oxygen atoms in total. The molecule has 106 valence electrons. The molecule has 0 aromatic heterocycles. The van der Waals surface area contributed by atoms with Crippen molar-refractivity contribution < 1.29 is 4.92 Å². The Morgan fingerprint density at radius 1 is 1.37 bits per heavy atom. The number of nitrogens with one attached hydrogen (secondary N) is 1. The van der Waals surface area contributed by atoms with Crippen molar-refractivity contribution in [3.8, 4) is 0 Å². The SMILES string of the molecule is CC(CCN(C)C)Nc1cc(Cl)c(Cl)cc1[N+](=O)[O-]. The lowest BCUT2D eigenvalue weighted by Gasteiger charge is -2.18. The third-order valence-corrected chi connectivity index (χ3v) is 3.37. The quantitative estimate of drug-likeness (QED) is 0.644. The van der Waals surface area contributed by atoms with E-state index in [1.165, 1.54) is 12.1 Å². The first-order valence-corrected chi connectivity index (χ1v) is 6.61. The Labute approximate surface area is 122 Å². The monoisotopic (exact) mass is 305 g/mol. The highest BCUT2D eigenvalue weighted by Crippen LogP contribution is 2.34. The van der Waals surface area contributed by atoms with E-state index in [1.54, 1.807) is 0 Å². The third-order valence-electron chi connectivity index (χ3n) is 2.65. The lowest BCUT2D eigenvalue weighted by atomic mass is 10.2. The molecular weight excluding hydrogens is 289 g/mol. The summed E-state index contributed by atoms with van der Waals surface area (Å²) in [4.78, 5) is 12.6. The first kappa shape index (κ1) is 16.0. The van der Waals surface area contributed by atoms with Gasteiger partial charge >= 0.3 is 0 Å². The summed E-state index contributed by atoms with van der Waals surface area (Å²) in [6.45, 7) is 2.86. The van der Waals surface area contributed by atoms with E-state index in [1.807, 2.05) is 21.0 Å². The molecule has 0 spiro atoms. The van der Waals surface area contributed by atoms with E-state index < -0.39 is 4.92 Å². The molecule has 0 amide bonds. The Kier molecular flexibility index (Phi) is 5.85. The average Bonchev–Trinajstić information content (AvgIpc) is 2.30. The standard InChI is InChI=1S/C12H17Cl2N3O2/c1-8(4-5-16(2)3)15-11-6-9(13)10(14)7-12(11)17(18)19/h6-8,15H,4-5H2,1-3H3. The molecule has 1 atom stereocenters. The van der Waals surface area contributed by atoms with Crippen LogP contribution in [0.2, 0.25) is 10.0 Å². The molecule has 1 aromatic carbocycles. The molecule has 0 aliphatic carbocycles. The third kappa shape index (κ3) is 4.86. The van der Waals surface area contributed by atoms with Gasteiger partial charge in [0.2, 0.25) is 0 Å². The van der Waals surface area contributed by atoms with E-state index in [4.69, 9.17) is 23.2 Å². The zero-order valence-corrected chi connectivity index (χ0v) is 12.6. The molecule has 0 aliphatic rings. The number of hydrogen-bond acceptors (Lipinski definition) is 4. The van der Waals surface area contributed by atoms with Crippen molar-refractivity contribution in [3.05, 3.63) is 32.3 Å². The highest BCUT2D eigenvalue weighted by molar-refractivity contribution is 6.42. The highest BCUT2D eigenvalue weighted by atomic mass is 35.5. The zero-order valence-electron chi connectivity index (χ0n) is 11.1. The summed E-state index contributed by atoms with van der Waals surface area (Å²) < 4.78 is 0.